The van der Waals surface area contributed by atoms with E-state index in [0.29, 0.717) is 0 Å². The quantitative estimate of drug-likeness (QED) is 0.174. The normalized spacial score (nSPS) is 11.9. The van der Waals surface area contributed by atoms with Gasteiger partial charge in [0.1, 0.15) is 5.58 Å². The summed E-state index contributed by atoms with van der Waals surface area (Å²) in [5, 5.41) is 12.2. The average molecular weight is 668 g/mol. The zero-order chi connectivity index (χ0) is 33.5. The summed E-state index contributed by atoms with van der Waals surface area (Å²) >= 11 is 1.85. The third-order valence-corrected chi connectivity index (χ3v) is 11.6. The predicted molar refractivity (Wildman–Crippen MR) is 219 cm³/mol. The number of hydrogen-bond donors (Lipinski definition) is 0. The molecule has 0 fully saturated rings. The molecule has 9 aromatic carbocycles. The Morgan fingerprint density at radius 3 is 1.86 bits per heavy atom. The second kappa shape index (κ2) is 11.0. The highest BCUT2D eigenvalue weighted by Gasteiger charge is 2.23. The lowest BCUT2D eigenvalue weighted by molar-refractivity contribution is 0.673. The summed E-state index contributed by atoms with van der Waals surface area (Å²) in [5.74, 6) is 0. The molecule has 0 saturated carbocycles. The first-order chi connectivity index (χ1) is 25.3. The maximum atomic E-state index is 6.94. The summed E-state index contributed by atoms with van der Waals surface area (Å²) in [4.78, 5) is 2.40. The summed E-state index contributed by atoms with van der Waals surface area (Å²) < 4.78 is 9.47. The minimum Gasteiger partial charge on any atom is -0.453 e. The molecule has 3 heteroatoms. The van der Waals surface area contributed by atoms with Crippen LogP contribution in [0.3, 0.4) is 0 Å². The van der Waals surface area contributed by atoms with Crippen LogP contribution in [0.2, 0.25) is 0 Å². The van der Waals surface area contributed by atoms with Crippen molar-refractivity contribution in [1.82, 2.24) is 0 Å². The van der Waals surface area contributed by atoms with Gasteiger partial charge >= 0.3 is 0 Å². The first kappa shape index (κ1) is 28.4. The van der Waals surface area contributed by atoms with Gasteiger partial charge < -0.3 is 9.32 Å². The van der Waals surface area contributed by atoms with Gasteiger partial charge in [0.15, 0.2) is 5.58 Å². The smallest absolute Gasteiger partial charge is 0.159 e. The molecular weight excluding hydrogens is 639 g/mol. The molecule has 51 heavy (non-hydrogen) atoms. The van der Waals surface area contributed by atoms with Gasteiger partial charge in [-0.25, -0.2) is 0 Å². The highest BCUT2D eigenvalue weighted by atomic mass is 32.1. The lowest BCUT2D eigenvalue weighted by Crippen LogP contribution is -2.10. The third-order valence-electron chi connectivity index (χ3n) is 10.4. The Labute approximate surface area is 298 Å². The SMILES string of the molecule is c1ccc2c(c1)cc(-c1ccc(N(c3cccc4c3oc3c5ccccc5ccc43)c3cccc4c3sc3ccccc34)cc1)c1ccccc12. The minimum atomic E-state index is 0.881. The first-order valence-electron chi connectivity index (χ1n) is 17.3. The van der Waals surface area contributed by atoms with Crippen molar-refractivity contribution in [2.75, 3.05) is 4.90 Å². The van der Waals surface area contributed by atoms with Gasteiger partial charge in [0, 0.05) is 37.3 Å². The van der Waals surface area contributed by atoms with E-state index in [2.05, 4.69) is 181 Å². The van der Waals surface area contributed by atoms with Crippen LogP contribution in [0.5, 0.6) is 0 Å². The molecule has 0 N–H and O–H groups in total. The van der Waals surface area contributed by atoms with Crippen molar-refractivity contribution in [2.45, 2.75) is 0 Å². The van der Waals surface area contributed by atoms with Gasteiger partial charge in [0.25, 0.3) is 0 Å². The van der Waals surface area contributed by atoms with Crippen molar-refractivity contribution in [3.63, 3.8) is 0 Å². The number of benzene rings is 9. The van der Waals surface area contributed by atoms with Gasteiger partial charge in [-0.05, 0) is 80.5 Å². The van der Waals surface area contributed by atoms with Gasteiger partial charge in [-0.1, -0.05) is 133 Å². The molecule has 0 unspecified atom stereocenters. The largest absolute Gasteiger partial charge is 0.453 e. The molecule has 0 amide bonds. The molecule has 0 saturated heterocycles. The van der Waals surface area contributed by atoms with Crippen LogP contribution in [-0.4, -0.2) is 0 Å². The Morgan fingerprint density at radius 2 is 1.02 bits per heavy atom. The van der Waals surface area contributed by atoms with Gasteiger partial charge in [-0.15, -0.1) is 11.3 Å². The Hall–Kier alpha value is -6.42. The minimum absolute atomic E-state index is 0.881. The van der Waals surface area contributed by atoms with Crippen molar-refractivity contribution in [2.24, 2.45) is 0 Å². The first-order valence-corrected chi connectivity index (χ1v) is 18.2. The Bertz CT molecular complexity index is 3150. The fourth-order valence-corrected chi connectivity index (χ4v) is 9.29. The summed E-state index contributed by atoms with van der Waals surface area (Å²) in [6.45, 7) is 0. The number of fused-ring (bicyclic) bond motifs is 11. The molecular formula is C48H29NOS. The van der Waals surface area contributed by atoms with Crippen LogP contribution >= 0.6 is 11.3 Å². The van der Waals surface area contributed by atoms with Crippen LogP contribution in [0.25, 0.3) is 85.6 Å². The van der Waals surface area contributed by atoms with E-state index in [1.54, 1.807) is 0 Å². The van der Waals surface area contributed by atoms with E-state index >= 15 is 0 Å². The van der Waals surface area contributed by atoms with Gasteiger partial charge in [0.05, 0.1) is 16.1 Å². The second-order valence-electron chi connectivity index (χ2n) is 13.2. The van der Waals surface area contributed by atoms with Crippen LogP contribution in [0, 0.1) is 0 Å². The van der Waals surface area contributed by atoms with Crippen LogP contribution in [0.1, 0.15) is 0 Å². The monoisotopic (exact) mass is 667 g/mol. The molecule has 2 heterocycles. The molecule has 0 aliphatic carbocycles. The molecule has 0 aliphatic rings. The van der Waals surface area contributed by atoms with Crippen molar-refractivity contribution in [3.8, 4) is 11.1 Å². The maximum Gasteiger partial charge on any atom is 0.159 e. The molecule has 2 nitrogen and oxygen atoms in total. The Morgan fingerprint density at radius 1 is 0.392 bits per heavy atom. The summed E-state index contributed by atoms with van der Waals surface area (Å²) in [7, 11) is 0. The van der Waals surface area contributed by atoms with Crippen LogP contribution in [0.4, 0.5) is 17.1 Å². The molecule has 238 valence electrons. The van der Waals surface area contributed by atoms with Crippen molar-refractivity contribution in [1.29, 1.82) is 0 Å². The van der Waals surface area contributed by atoms with Crippen LogP contribution in [0.15, 0.2) is 180 Å². The average Bonchev–Trinajstić information content (AvgIpc) is 3.78. The fraction of sp³-hybridized carbons (Fsp3) is 0. The van der Waals surface area contributed by atoms with E-state index < -0.39 is 0 Å². The Kier molecular flexibility index (Phi) is 6.16. The van der Waals surface area contributed by atoms with Gasteiger partial charge in [-0.3, -0.25) is 0 Å². The second-order valence-corrected chi connectivity index (χ2v) is 14.3. The third kappa shape index (κ3) is 4.29. The molecule has 0 aliphatic heterocycles. The van der Waals surface area contributed by atoms with E-state index in [9.17, 15) is 0 Å². The molecule has 11 rings (SSSR count). The number of thiophene rings is 1. The number of furan rings is 1. The maximum absolute atomic E-state index is 6.94. The molecule has 0 bridgehead atoms. The number of rotatable bonds is 4. The van der Waals surface area contributed by atoms with Gasteiger partial charge in [-0.2, -0.15) is 0 Å². The van der Waals surface area contributed by atoms with Gasteiger partial charge in [0.2, 0.25) is 0 Å². The number of hydrogen-bond acceptors (Lipinski definition) is 3. The summed E-state index contributed by atoms with van der Waals surface area (Å²) in [6, 6.07) is 63.7. The molecule has 0 radical (unpaired) electrons. The van der Waals surface area contributed by atoms with Crippen LogP contribution < -0.4 is 4.90 Å². The number of nitrogens with zero attached hydrogens (tertiary/aromatic N) is 1. The lowest BCUT2D eigenvalue weighted by atomic mass is 9.93. The van der Waals surface area contributed by atoms with Crippen molar-refractivity contribution >= 4 is 103 Å². The number of para-hydroxylation sites is 1. The molecule has 0 spiro atoms. The Balaban J connectivity index is 1.16. The summed E-state index contributed by atoms with van der Waals surface area (Å²) in [5.41, 5.74) is 7.46. The number of anilines is 3. The lowest BCUT2D eigenvalue weighted by Gasteiger charge is -2.26. The van der Waals surface area contributed by atoms with E-state index in [1.807, 2.05) is 11.3 Å². The topological polar surface area (TPSA) is 16.4 Å². The zero-order valence-electron chi connectivity index (χ0n) is 27.5. The highest BCUT2D eigenvalue weighted by molar-refractivity contribution is 7.26. The van der Waals surface area contributed by atoms with Crippen LogP contribution in [-0.2, 0) is 0 Å². The highest BCUT2D eigenvalue weighted by Crippen LogP contribution is 2.48. The van der Waals surface area contributed by atoms with E-state index in [1.165, 1.54) is 58.2 Å². The van der Waals surface area contributed by atoms with Crippen molar-refractivity contribution in [3.05, 3.63) is 176 Å². The molecule has 11 aromatic rings. The molecule has 0 atom stereocenters. The standard InChI is InChI=1S/C48H29NOS/c1-4-14-35-30(11-1)25-28-40-39-18-9-20-43(47(39)50-46(35)40)49(44-21-10-19-41-38-17-7-8-22-45(38)51-48(41)44)33-26-23-31(24-27-33)42-29-32-12-2-3-13-34(32)36-15-5-6-16-37(36)42/h1-29H. The summed E-state index contributed by atoms with van der Waals surface area (Å²) in [6.07, 6.45) is 0. The van der Waals surface area contributed by atoms with E-state index in [-0.39, 0.29) is 0 Å². The zero-order valence-corrected chi connectivity index (χ0v) is 28.3. The fourth-order valence-electron chi connectivity index (χ4n) is 8.09. The predicted octanol–water partition coefficient (Wildman–Crippen LogP) is 14.6. The van der Waals surface area contributed by atoms with E-state index in [4.69, 9.17) is 4.42 Å². The van der Waals surface area contributed by atoms with Crippen molar-refractivity contribution < 1.29 is 4.42 Å². The molecule has 2 aromatic heterocycles. The van der Waals surface area contributed by atoms with E-state index in [0.717, 1.165) is 44.4 Å².